The van der Waals surface area contributed by atoms with E-state index in [4.69, 9.17) is 9.15 Å². The first-order chi connectivity index (χ1) is 13.1. The van der Waals surface area contributed by atoms with Crippen LogP contribution in [0.5, 0.6) is 5.75 Å². The molecule has 1 amide bonds. The smallest absolute Gasteiger partial charge is 0.416 e. The van der Waals surface area contributed by atoms with E-state index in [0.29, 0.717) is 5.58 Å². The molecule has 0 aliphatic heterocycles. The minimum Gasteiger partial charge on any atom is -0.481 e. The zero-order chi connectivity index (χ0) is 20.5. The predicted molar refractivity (Wildman–Crippen MR) is 97.4 cm³/mol. The van der Waals surface area contributed by atoms with Gasteiger partial charge in [-0.05, 0) is 49.7 Å². The number of amides is 1. The van der Waals surface area contributed by atoms with Crippen LogP contribution in [0.3, 0.4) is 0 Å². The van der Waals surface area contributed by atoms with E-state index in [-0.39, 0.29) is 11.4 Å². The minimum atomic E-state index is -4.50. The lowest BCUT2D eigenvalue weighted by molar-refractivity contribution is -0.137. The fraction of sp³-hybridized carbons (Fsp3) is 0.200. The highest BCUT2D eigenvalue weighted by Gasteiger charge is 2.30. The summed E-state index contributed by atoms with van der Waals surface area (Å²) in [5.74, 6) is -0.335. The molecule has 3 aromatic rings. The number of hydrogen-bond acceptors (Lipinski definition) is 4. The fourth-order valence-electron chi connectivity index (χ4n) is 2.65. The molecule has 3 rings (SSSR count). The van der Waals surface area contributed by atoms with Crippen molar-refractivity contribution in [1.82, 2.24) is 0 Å². The maximum Gasteiger partial charge on any atom is 0.416 e. The number of ether oxygens (including phenoxy) is 1. The Morgan fingerprint density at radius 3 is 2.61 bits per heavy atom. The molecular weight excluding hydrogens is 375 g/mol. The summed E-state index contributed by atoms with van der Waals surface area (Å²) in [6, 6.07) is 10.5. The monoisotopic (exact) mass is 391 g/mol. The lowest BCUT2D eigenvalue weighted by Gasteiger charge is -2.16. The predicted octanol–water partition coefficient (Wildman–Crippen LogP) is 4.53. The number of nitrogens with one attached hydrogen (secondary N) is 1. The van der Waals surface area contributed by atoms with Crippen LogP contribution in [0.2, 0.25) is 0 Å². The van der Waals surface area contributed by atoms with Gasteiger partial charge in [0.25, 0.3) is 5.91 Å². The van der Waals surface area contributed by atoms with E-state index < -0.39 is 29.4 Å². The van der Waals surface area contributed by atoms with Gasteiger partial charge in [0.2, 0.25) is 0 Å². The maximum atomic E-state index is 12.8. The van der Waals surface area contributed by atoms with E-state index in [1.165, 1.54) is 31.2 Å². The van der Waals surface area contributed by atoms with Crippen LogP contribution in [0.25, 0.3) is 11.0 Å². The van der Waals surface area contributed by atoms with Gasteiger partial charge in [0.1, 0.15) is 11.3 Å². The third kappa shape index (κ3) is 4.33. The highest BCUT2D eigenvalue weighted by Crippen LogP contribution is 2.30. The highest BCUT2D eigenvalue weighted by molar-refractivity contribution is 5.94. The van der Waals surface area contributed by atoms with Crippen LogP contribution in [0.4, 0.5) is 18.9 Å². The van der Waals surface area contributed by atoms with E-state index in [0.717, 1.165) is 23.1 Å². The largest absolute Gasteiger partial charge is 0.481 e. The number of hydrogen-bond donors (Lipinski definition) is 1. The maximum absolute atomic E-state index is 12.8. The molecule has 5 nitrogen and oxygen atoms in total. The molecule has 0 unspecified atom stereocenters. The molecule has 28 heavy (non-hydrogen) atoms. The lowest BCUT2D eigenvalue weighted by atomic mass is 10.1. The molecule has 8 heteroatoms. The Kier molecular flexibility index (Phi) is 5.13. The zero-order valence-corrected chi connectivity index (χ0v) is 15.0. The van der Waals surface area contributed by atoms with Crippen LogP contribution in [0, 0.1) is 6.92 Å². The van der Waals surface area contributed by atoms with Crippen LogP contribution in [-0.2, 0) is 11.0 Å². The first-order valence-electron chi connectivity index (χ1n) is 8.33. The second-order valence-corrected chi connectivity index (χ2v) is 6.23. The van der Waals surface area contributed by atoms with Gasteiger partial charge in [-0.2, -0.15) is 13.2 Å². The van der Waals surface area contributed by atoms with Gasteiger partial charge >= 0.3 is 11.8 Å². The molecule has 0 aliphatic carbocycles. The summed E-state index contributed by atoms with van der Waals surface area (Å²) >= 11 is 0. The Balaban J connectivity index is 1.74. The van der Waals surface area contributed by atoms with Gasteiger partial charge in [-0.1, -0.05) is 6.07 Å². The average Bonchev–Trinajstić information content (AvgIpc) is 2.60. The van der Waals surface area contributed by atoms with Crippen molar-refractivity contribution in [3.05, 3.63) is 70.1 Å². The van der Waals surface area contributed by atoms with Crippen molar-refractivity contribution in [1.29, 1.82) is 0 Å². The number of aryl methyl sites for hydroxylation is 1. The van der Waals surface area contributed by atoms with Crippen LogP contribution in [-0.4, -0.2) is 12.0 Å². The molecule has 0 spiro atoms. The molecule has 0 aliphatic rings. The van der Waals surface area contributed by atoms with Crippen LogP contribution in [0.15, 0.2) is 57.7 Å². The van der Waals surface area contributed by atoms with Gasteiger partial charge in [-0.25, -0.2) is 4.79 Å². The van der Waals surface area contributed by atoms with Crippen molar-refractivity contribution in [3.8, 4) is 5.75 Å². The Hall–Kier alpha value is -3.29. The summed E-state index contributed by atoms with van der Waals surface area (Å²) in [5, 5.41) is 3.12. The average molecular weight is 391 g/mol. The van der Waals surface area contributed by atoms with E-state index in [1.54, 1.807) is 19.1 Å². The normalized spacial score (nSPS) is 12.6. The van der Waals surface area contributed by atoms with Gasteiger partial charge in [-0.3, -0.25) is 4.79 Å². The third-order valence-corrected chi connectivity index (χ3v) is 4.06. The number of fused-ring (bicyclic) bond motifs is 1. The number of alkyl halides is 3. The second kappa shape index (κ2) is 7.38. The van der Waals surface area contributed by atoms with Gasteiger partial charge < -0.3 is 14.5 Å². The van der Waals surface area contributed by atoms with Crippen molar-refractivity contribution in [2.24, 2.45) is 0 Å². The van der Waals surface area contributed by atoms with Crippen molar-refractivity contribution in [3.63, 3.8) is 0 Å². The van der Waals surface area contributed by atoms with E-state index in [1.807, 2.05) is 0 Å². The Morgan fingerprint density at radius 2 is 1.89 bits per heavy atom. The van der Waals surface area contributed by atoms with Gasteiger partial charge in [-0.15, -0.1) is 0 Å². The highest BCUT2D eigenvalue weighted by atomic mass is 19.4. The third-order valence-electron chi connectivity index (χ3n) is 4.06. The number of anilines is 1. The van der Waals surface area contributed by atoms with Gasteiger partial charge in [0.15, 0.2) is 6.10 Å². The van der Waals surface area contributed by atoms with Gasteiger partial charge in [0, 0.05) is 23.2 Å². The SMILES string of the molecule is Cc1cc(=O)oc2cc(O[C@@H](C)C(=O)Nc3cccc(C(F)(F)F)c3)ccc12. The van der Waals surface area contributed by atoms with E-state index in [9.17, 15) is 22.8 Å². The van der Waals surface area contributed by atoms with Crippen LogP contribution in [0.1, 0.15) is 18.1 Å². The van der Waals surface area contributed by atoms with Crippen LogP contribution >= 0.6 is 0 Å². The number of rotatable bonds is 4. The molecule has 0 bridgehead atoms. The molecule has 0 saturated heterocycles. The topological polar surface area (TPSA) is 68.5 Å². The Morgan fingerprint density at radius 1 is 1.14 bits per heavy atom. The molecule has 0 fully saturated rings. The molecule has 0 saturated carbocycles. The first kappa shape index (κ1) is 19.5. The summed E-state index contributed by atoms with van der Waals surface area (Å²) in [5.41, 5.74) is -0.298. The molecular formula is C20H16F3NO4. The van der Waals surface area contributed by atoms with Crippen molar-refractivity contribution in [2.75, 3.05) is 5.32 Å². The molecule has 1 atom stereocenters. The standard InChI is InChI=1S/C20H16F3NO4/c1-11-8-18(25)28-17-10-15(6-7-16(11)17)27-12(2)19(26)24-14-5-3-4-13(9-14)20(21,22)23/h3-10,12H,1-2H3,(H,24,26)/t12-/m0/s1. The van der Waals surface area contributed by atoms with E-state index in [2.05, 4.69) is 5.32 Å². The van der Waals surface area contributed by atoms with E-state index >= 15 is 0 Å². The Labute approximate surface area is 157 Å². The quantitative estimate of drug-likeness (QED) is 0.664. The molecule has 1 aromatic heterocycles. The summed E-state index contributed by atoms with van der Waals surface area (Å²) in [7, 11) is 0. The van der Waals surface area contributed by atoms with Crippen molar-refractivity contribution < 1.29 is 27.1 Å². The summed E-state index contributed by atoms with van der Waals surface area (Å²) < 4.78 is 49.0. The second-order valence-electron chi connectivity index (χ2n) is 6.23. The molecule has 0 radical (unpaired) electrons. The molecule has 146 valence electrons. The molecule has 1 N–H and O–H groups in total. The van der Waals surface area contributed by atoms with Gasteiger partial charge in [0.05, 0.1) is 5.56 Å². The fourth-order valence-corrected chi connectivity index (χ4v) is 2.65. The summed E-state index contributed by atoms with van der Waals surface area (Å²) in [4.78, 5) is 23.8. The number of carbonyl (C=O) groups excluding carboxylic acids is 1. The van der Waals surface area contributed by atoms with Crippen molar-refractivity contribution in [2.45, 2.75) is 26.1 Å². The summed E-state index contributed by atoms with van der Waals surface area (Å²) in [6.45, 7) is 3.23. The minimum absolute atomic E-state index is 0.00964. The molecule has 2 aromatic carbocycles. The first-order valence-corrected chi connectivity index (χ1v) is 8.33. The van der Waals surface area contributed by atoms with Crippen LogP contribution < -0.4 is 15.7 Å². The zero-order valence-electron chi connectivity index (χ0n) is 15.0. The number of benzene rings is 2. The number of carbonyl (C=O) groups is 1. The number of halogens is 3. The summed E-state index contributed by atoms with van der Waals surface area (Å²) in [6.07, 6.45) is -5.50. The lowest BCUT2D eigenvalue weighted by Crippen LogP contribution is -2.30. The molecule has 1 heterocycles. The Bertz CT molecular complexity index is 1090. The van der Waals surface area contributed by atoms with Crippen molar-refractivity contribution >= 4 is 22.6 Å².